The van der Waals surface area contributed by atoms with Crippen molar-refractivity contribution in [2.75, 3.05) is 0 Å². The number of benzene rings is 1. The van der Waals surface area contributed by atoms with Gasteiger partial charge in [-0.2, -0.15) is 0 Å². The first-order valence-electron chi connectivity index (χ1n) is 3.96. The van der Waals surface area contributed by atoms with Gasteiger partial charge in [0.05, 0.1) is 5.56 Å². The van der Waals surface area contributed by atoms with E-state index in [1.807, 2.05) is 19.9 Å². The Morgan fingerprint density at radius 3 is 2.58 bits per heavy atom. The van der Waals surface area contributed by atoms with Crippen LogP contribution in [0.4, 0.5) is 0 Å². The Labute approximate surface area is 71.8 Å². The Morgan fingerprint density at radius 2 is 2.17 bits per heavy atom. The van der Waals surface area contributed by atoms with Crippen LogP contribution < -0.4 is 0 Å². The largest absolute Gasteiger partial charge is 0.507 e. The molecule has 0 saturated carbocycles. The van der Waals surface area contributed by atoms with E-state index < -0.39 is 0 Å². The summed E-state index contributed by atoms with van der Waals surface area (Å²) in [5.41, 5.74) is 2.28. The molecule has 64 valence electrons. The minimum atomic E-state index is 0.0850. The van der Waals surface area contributed by atoms with Crippen molar-refractivity contribution in [2.45, 2.75) is 20.3 Å². The van der Waals surface area contributed by atoms with Crippen LogP contribution in [0.2, 0.25) is 0 Å². The van der Waals surface area contributed by atoms with Gasteiger partial charge in [0.2, 0.25) is 0 Å². The maximum absolute atomic E-state index is 10.5. The molecule has 0 saturated heterocycles. The van der Waals surface area contributed by atoms with Crippen LogP contribution in [0.15, 0.2) is 12.1 Å². The summed E-state index contributed by atoms with van der Waals surface area (Å²) in [5, 5.41) is 9.37. The van der Waals surface area contributed by atoms with E-state index in [9.17, 15) is 9.90 Å². The lowest BCUT2D eigenvalue weighted by Crippen LogP contribution is -1.90. The topological polar surface area (TPSA) is 37.3 Å². The van der Waals surface area contributed by atoms with E-state index in [0.29, 0.717) is 11.8 Å². The van der Waals surface area contributed by atoms with Gasteiger partial charge >= 0.3 is 0 Å². The lowest BCUT2D eigenvalue weighted by Gasteiger charge is -2.04. The maximum Gasteiger partial charge on any atom is 0.154 e. The molecule has 0 radical (unpaired) electrons. The van der Waals surface area contributed by atoms with Crippen LogP contribution in [0.5, 0.6) is 5.75 Å². The summed E-state index contributed by atoms with van der Waals surface area (Å²) in [6.07, 6.45) is 1.55. The number of phenols is 1. The average Bonchev–Trinajstić information content (AvgIpc) is 2.03. The SMILES string of the molecule is CCc1cc(C)c(C=O)c(O)c1. The van der Waals surface area contributed by atoms with Crippen molar-refractivity contribution in [1.82, 2.24) is 0 Å². The molecule has 0 unspecified atom stereocenters. The standard InChI is InChI=1S/C10H12O2/c1-3-8-4-7(2)9(6-11)10(12)5-8/h4-6,12H,3H2,1-2H3. The zero-order valence-corrected chi connectivity index (χ0v) is 7.29. The second kappa shape index (κ2) is 3.39. The molecule has 1 N–H and O–H groups in total. The summed E-state index contributed by atoms with van der Waals surface area (Å²) in [6, 6.07) is 3.56. The molecule has 1 aromatic rings. The number of aromatic hydroxyl groups is 1. The van der Waals surface area contributed by atoms with Crippen molar-refractivity contribution in [3.8, 4) is 5.75 Å². The van der Waals surface area contributed by atoms with Crippen molar-refractivity contribution in [1.29, 1.82) is 0 Å². The monoisotopic (exact) mass is 164 g/mol. The van der Waals surface area contributed by atoms with Crippen molar-refractivity contribution in [3.05, 3.63) is 28.8 Å². The molecule has 2 heteroatoms. The number of aldehydes is 1. The van der Waals surface area contributed by atoms with E-state index in [0.717, 1.165) is 17.5 Å². The summed E-state index contributed by atoms with van der Waals surface area (Å²) in [5.74, 6) is 0.0850. The number of carbonyl (C=O) groups excluding carboxylic acids is 1. The normalized spacial score (nSPS) is 9.83. The zero-order chi connectivity index (χ0) is 9.14. The highest BCUT2D eigenvalue weighted by molar-refractivity contribution is 5.81. The molecule has 0 heterocycles. The highest BCUT2D eigenvalue weighted by atomic mass is 16.3. The third kappa shape index (κ3) is 1.47. The number of aryl methyl sites for hydroxylation is 2. The lowest BCUT2D eigenvalue weighted by atomic mass is 10.0. The lowest BCUT2D eigenvalue weighted by molar-refractivity contribution is 0.112. The van der Waals surface area contributed by atoms with E-state index in [4.69, 9.17) is 0 Å². The van der Waals surface area contributed by atoms with Crippen molar-refractivity contribution < 1.29 is 9.90 Å². The van der Waals surface area contributed by atoms with E-state index in [1.165, 1.54) is 0 Å². The van der Waals surface area contributed by atoms with Gasteiger partial charge in [0.1, 0.15) is 5.75 Å². The highest BCUT2D eigenvalue weighted by Gasteiger charge is 2.04. The van der Waals surface area contributed by atoms with Gasteiger partial charge < -0.3 is 5.11 Å². The van der Waals surface area contributed by atoms with Crippen LogP contribution in [0.25, 0.3) is 0 Å². The summed E-state index contributed by atoms with van der Waals surface area (Å²) in [4.78, 5) is 10.5. The second-order valence-electron chi connectivity index (χ2n) is 2.82. The first-order valence-corrected chi connectivity index (χ1v) is 3.96. The van der Waals surface area contributed by atoms with Gasteiger partial charge in [-0.3, -0.25) is 4.79 Å². The van der Waals surface area contributed by atoms with E-state index in [-0.39, 0.29) is 5.75 Å². The number of hydrogen-bond donors (Lipinski definition) is 1. The minimum absolute atomic E-state index is 0.0850. The molecular weight excluding hydrogens is 152 g/mol. The van der Waals surface area contributed by atoms with Crippen LogP contribution in [-0.4, -0.2) is 11.4 Å². The molecule has 1 aromatic carbocycles. The Kier molecular flexibility index (Phi) is 2.48. The molecule has 0 amide bonds. The molecule has 0 bridgehead atoms. The molecule has 1 rings (SSSR count). The van der Waals surface area contributed by atoms with Crippen LogP contribution in [0.3, 0.4) is 0 Å². The van der Waals surface area contributed by atoms with Crippen molar-refractivity contribution in [2.24, 2.45) is 0 Å². The Balaban J connectivity index is 3.27. The Hall–Kier alpha value is -1.31. The molecule has 0 fully saturated rings. The van der Waals surface area contributed by atoms with Crippen LogP contribution in [-0.2, 0) is 6.42 Å². The van der Waals surface area contributed by atoms with Crippen LogP contribution >= 0.6 is 0 Å². The third-order valence-corrected chi connectivity index (χ3v) is 1.95. The van der Waals surface area contributed by atoms with Gasteiger partial charge in [-0.15, -0.1) is 0 Å². The van der Waals surface area contributed by atoms with Crippen LogP contribution in [0, 0.1) is 6.92 Å². The fourth-order valence-corrected chi connectivity index (χ4v) is 1.21. The molecule has 0 aliphatic carbocycles. The molecular formula is C10H12O2. The van der Waals surface area contributed by atoms with Gasteiger partial charge in [0.25, 0.3) is 0 Å². The summed E-state index contributed by atoms with van der Waals surface area (Å²) >= 11 is 0. The highest BCUT2D eigenvalue weighted by Crippen LogP contribution is 2.21. The minimum Gasteiger partial charge on any atom is -0.507 e. The Bertz CT molecular complexity index is 280. The van der Waals surface area contributed by atoms with E-state index >= 15 is 0 Å². The van der Waals surface area contributed by atoms with Gasteiger partial charge in [0, 0.05) is 0 Å². The first kappa shape index (κ1) is 8.78. The van der Waals surface area contributed by atoms with Gasteiger partial charge in [-0.05, 0) is 30.5 Å². The first-order chi connectivity index (χ1) is 5.69. The predicted octanol–water partition coefficient (Wildman–Crippen LogP) is 2.08. The fourth-order valence-electron chi connectivity index (χ4n) is 1.21. The second-order valence-corrected chi connectivity index (χ2v) is 2.82. The predicted molar refractivity (Wildman–Crippen MR) is 47.6 cm³/mol. The molecule has 2 nitrogen and oxygen atoms in total. The average molecular weight is 164 g/mol. The number of carbonyl (C=O) groups is 1. The quantitative estimate of drug-likeness (QED) is 0.679. The van der Waals surface area contributed by atoms with Crippen LogP contribution in [0.1, 0.15) is 28.4 Å². The number of hydrogen-bond acceptors (Lipinski definition) is 2. The van der Waals surface area contributed by atoms with Gasteiger partial charge in [-0.1, -0.05) is 13.0 Å². The Morgan fingerprint density at radius 1 is 1.50 bits per heavy atom. The van der Waals surface area contributed by atoms with E-state index in [2.05, 4.69) is 0 Å². The molecule has 0 aliphatic heterocycles. The van der Waals surface area contributed by atoms with Gasteiger partial charge in [0.15, 0.2) is 6.29 Å². The molecule has 0 aliphatic rings. The van der Waals surface area contributed by atoms with E-state index in [1.54, 1.807) is 6.07 Å². The van der Waals surface area contributed by atoms with Crippen molar-refractivity contribution >= 4 is 6.29 Å². The maximum atomic E-state index is 10.5. The van der Waals surface area contributed by atoms with Crippen molar-refractivity contribution in [3.63, 3.8) is 0 Å². The smallest absolute Gasteiger partial charge is 0.154 e. The molecule has 0 aromatic heterocycles. The molecule has 12 heavy (non-hydrogen) atoms. The van der Waals surface area contributed by atoms with Gasteiger partial charge in [-0.25, -0.2) is 0 Å². The summed E-state index contributed by atoms with van der Waals surface area (Å²) in [7, 11) is 0. The fraction of sp³-hybridized carbons (Fsp3) is 0.300. The third-order valence-electron chi connectivity index (χ3n) is 1.95. The zero-order valence-electron chi connectivity index (χ0n) is 7.29. The molecule has 0 spiro atoms. The number of phenolic OH excluding ortho intramolecular Hbond substituents is 1. The summed E-state index contributed by atoms with van der Waals surface area (Å²) in [6.45, 7) is 3.83. The number of rotatable bonds is 2. The summed E-state index contributed by atoms with van der Waals surface area (Å²) < 4.78 is 0. The molecule has 0 atom stereocenters.